The van der Waals surface area contributed by atoms with E-state index < -0.39 is 0 Å². The smallest absolute Gasteiger partial charge is 0.220 e. The molecule has 0 spiro atoms. The van der Waals surface area contributed by atoms with Crippen LogP contribution in [0.2, 0.25) is 0 Å². The Morgan fingerprint density at radius 2 is 1.23 bits per heavy atom. The fourth-order valence-electron chi connectivity index (χ4n) is 3.82. The molecule has 0 atom stereocenters. The fraction of sp³-hybridized carbons (Fsp3) is 0.731. The molecule has 31 heavy (non-hydrogen) atoms. The first-order chi connectivity index (χ1) is 15.2. The van der Waals surface area contributed by atoms with E-state index in [4.69, 9.17) is 14.2 Å². The summed E-state index contributed by atoms with van der Waals surface area (Å²) >= 11 is 0. The van der Waals surface area contributed by atoms with Gasteiger partial charge in [-0.05, 0) is 30.5 Å². The Hall–Kier alpha value is -1.91. The van der Waals surface area contributed by atoms with Crippen LogP contribution in [-0.4, -0.2) is 33.8 Å². The Kier molecular flexibility index (Phi) is 15.5. The Morgan fingerprint density at radius 1 is 0.742 bits per heavy atom. The Balaban J connectivity index is 2.09. The lowest BCUT2D eigenvalue weighted by Gasteiger charge is -2.14. The predicted molar refractivity (Wildman–Crippen MR) is 129 cm³/mol. The van der Waals surface area contributed by atoms with Crippen LogP contribution in [0.1, 0.15) is 96.0 Å². The maximum atomic E-state index is 12.2. The van der Waals surface area contributed by atoms with Crippen molar-refractivity contribution in [1.82, 2.24) is 5.32 Å². The molecular formula is C26H45NO4. The van der Waals surface area contributed by atoms with Crippen LogP contribution in [-0.2, 0) is 11.2 Å². The van der Waals surface area contributed by atoms with Crippen LogP contribution < -0.4 is 19.5 Å². The number of hydrogen-bond donors (Lipinski definition) is 1. The van der Waals surface area contributed by atoms with E-state index in [0.717, 1.165) is 18.5 Å². The highest BCUT2D eigenvalue weighted by Gasteiger charge is 2.13. The molecular weight excluding hydrogens is 390 g/mol. The molecule has 5 nitrogen and oxygen atoms in total. The zero-order valence-electron chi connectivity index (χ0n) is 20.4. The second-order valence-electron chi connectivity index (χ2n) is 8.27. The van der Waals surface area contributed by atoms with Gasteiger partial charge in [-0.25, -0.2) is 0 Å². The Morgan fingerprint density at radius 3 is 1.68 bits per heavy atom. The summed E-state index contributed by atoms with van der Waals surface area (Å²) in [5, 5.41) is 3.04. The second-order valence-corrected chi connectivity index (χ2v) is 8.27. The van der Waals surface area contributed by atoms with Crippen LogP contribution in [0.25, 0.3) is 0 Å². The molecule has 178 valence electrons. The van der Waals surface area contributed by atoms with Gasteiger partial charge in [0.25, 0.3) is 0 Å². The average molecular weight is 436 g/mol. The minimum atomic E-state index is 0.0943. The molecule has 1 aromatic carbocycles. The monoisotopic (exact) mass is 435 g/mol. The van der Waals surface area contributed by atoms with Crippen LogP contribution in [0.5, 0.6) is 17.2 Å². The highest BCUT2D eigenvalue weighted by molar-refractivity contribution is 5.76. The minimum absolute atomic E-state index is 0.0943. The van der Waals surface area contributed by atoms with Crippen molar-refractivity contribution in [3.8, 4) is 17.2 Å². The number of methoxy groups -OCH3 is 3. The number of benzene rings is 1. The van der Waals surface area contributed by atoms with Crippen molar-refractivity contribution in [3.63, 3.8) is 0 Å². The number of hydrogen-bond acceptors (Lipinski definition) is 4. The number of nitrogens with one attached hydrogen (secondary N) is 1. The highest BCUT2D eigenvalue weighted by atomic mass is 16.5. The molecule has 1 rings (SSSR count). The molecule has 0 aromatic heterocycles. The maximum Gasteiger partial charge on any atom is 0.220 e. The van der Waals surface area contributed by atoms with Crippen molar-refractivity contribution in [3.05, 3.63) is 17.7 Å². The van der Waals surface area contributed by atoms with Crippen molar-refractivity contribution >= 4 is 5.91 Å². The summed E-state index contributed by atoms with van der Waals surface area (Å²) in [4.78, 5) is 12.2. The van der Waals surface area contributed by atoms with Crippen LogP contribution in [0.15, 0.2) is 12.1 Å². The standard InChI is InChI=1S/C26H45NO4/c1-5-6-7-8-9-10-11-12-13-14-15-16-19-27-25(28)18-17-22-20-23(29-2)26(31-4)24(21-22)30-3/h20-21H,5-19H2,1-4H3,(H,27,28). The van der Waals surface area contributed by atoms with Gasteiger partial charge in [0.15, 0.2) is 11.5 Å². The maximum absolute atomic E-state index is 12.2. The third-order valence-electron chi connectivity index (χ3n) is 5.72. The number of rotatable bonds is 19. The van der Waals surface area contributed by atoms with Gasteiger partial charge in [0.1, 0.15) is 0 Å². The number of amides is 1. The zero-order valence-corrected chi connectivity index (χ0v) is 20.4. The molecule has 0 aliphatic carbocycles. The lowest BCUT2D eigenvalue weighted by molar-refractivity contribution is -0.121. The molecule has 1 aromatic rings. The number of ether oxygens (including phenoxy) is 3. The van der Waals surface area contributed by atoms with Crippen LogP contribution >= 0.6 is 0 Å². The van der Waals surface area contributed by atoms with Crippen LogP contribution in [0.4, 0.5) is 0 Å². The molecule has 0 aliphatic rings. The summed E-state index contributed by atoms with van der Waals surface area (Å²) in [6, 6.07) is 3.81. The first-order valence-corrected chi connectivity index (χ1v) is 12.2. The van der Waals surface area contributed by atoms with Gasteiger partial charge in [-0.3, -0.25) is 4.79 Å². The summed E-state index contributed by atoms with van der Waals surface area (Å²) in [6.45, 7) is 3.04. The van der Waals surface area contributed by atoms with Gasteiger partial charge >= 0.3 is 0 Å². The van der Waals surface area contributed by atoms with Crippen molar-refractivity contribution in [2.24, 2.45) is 0 Å². The molecule has 0 heterocycles. The molecule has 0 bridgehead atoms. The number of aryl methyl sites for hydroxylation is 1. The largest absolute Gasteiger partial charge is 0.493 e. The van der Waals surface area contributed by atoms with Crippen LogP contribution in [0.3, 0.4) is 0 Å². The van der Waals surface area contributed by atoms with E-state index in [0.29, 0.717) is 30.1 Å². The summed E-state index contributed by atoms with van der Waals surface area (Å²) < 4.78 is 16.1. The van der Waals surface area contributed by atoms with Gasteiger partial charge in [-0.15, -0.1) is 0 Å². The lowest BCUT2D eigenvalue weighted by Crippen LogP contribution is -2.24. The van der Waals surface area contributed by atoms with Gasteiger partial charge in [-0.2, -0.15) is 0 Å². The molecule has 0 aliphatic heterocycles. The van der Waals surface area contributed by atoms with Gasteiger partial charge in [0.05, 0.1) is 21.3 Å². The Labute approximate surface area is 190 Å². The van der Waals surface area contributed by atoms with Gasteiger partial charge in [0, 0.05) is 13.0 Å². The van der Waals surface area contributed by atoms with E-state index in [1.807, 2.05) is 12.1 Å². The molecule has 0 radical (unpaired) electrons. The number of unbranched alkanes of at least 4 members (excludes halogenated alkanes) is 11. The number of carbonyl (C=O) groups excluding carboxylic acids is 1. The SMILES string of the molecule is CCCCCCCCCCCCCCNC(=O)CCc1cc(OC)c(OC)c(OC)c1. The first kappa shape index (κ1) is 27.1. The van der Waals surface area contributed by atoms with Gasteiger partial charge in [0.2, 0.25) is 11.7 Å². The summed E-state index contributed by atoms with van der Waals surface area (Å²) in [5.74, 6) is 1.91. The zero-order chi connectivity index (χ0) is 22.7. The summed E-state index contributed by atoms with van der Waals surface area (Å²) in [5.41, 5.74) is 0.995. The third-order valence-corrected chi connectivity index (χ3v) is 5.72. The van der Waals surface area contributed by atoms with Crippen molar-refractivity contribution in [1.29, 1.82) is 0 Å². The molecule has 0 saturated heterocycles. The molecule has 0 unspecified atom stereocenters. The van der Waals surface area contributed by atoms with Gasteiger partial charge < -0.3 is 19.5 Å². The van der Waals surface area contributed by atoms with Crippen LogP contribution in [0, 0.1) is 0 Å². The second kappa shape index (κ2) is 17.7. The van der Waals surface area contributed by atoms with Gasteiger partial charge in [-0.1, -0.05) is 77.6 Å². The highest BCUT2D eigenvalue weighted by Crippen LogP contribution is 2.38. The van der Waals surface area contributed by atoms with Crippen molar-refractivity contribution in [2.75, 3.05) is 27.9 Å². The van der Waals surface area contributed by atoms with Crippen molar-refractivity contribution < 1.29 is 19.0 Å². The summed E-state index contributed by atoms with van der Waals surface area (Å²) in [6.07, 6.45) is 17.0. The van der Waals surface area contributed by atoms with E-state index in [-0.39, 0.29) is 5.91 Å². The topological polar surface area (TPSA) is 56.8 Å². The lowest BCUT2D eigenvalue weighted by atomic mass is 10.1. The normalized spacial score (nSPS) is 10.7. The molecule has 1 N–H and O–H groups in total. The molecule has 5 heteroatoms. The number of carbonyl (C=O) groups is 1. The van der Waals surface area contributed by atoms with Crippen molar-refractivity contribution in [2.45, 2.75) is 96.8 Å². The fourth-order valence-corrected chi connectivity index (χ4v) is 3.82. The molecule has 1 amide bonds. The quantitative estimate of drug-likeness (QED) is 0.253. The molecule has 0 fully saturated rings. The average Bonchev–Trinajstić information content (AvgIpc) is 2.79. The summed E-state index contributed by atoms with van der Waals surface area (Å²) in [7, 11) is 4.79. The van der Waals surface area contributed by atoms with E-state index in [1.54, 1.807) is 21.3 Å². The Bertz CT molecular complexity index is 578. The first-order valence-electron chi connectivity index (χ1n) is 12.2. The predicted octanol–water partition coefficient (Wildman–Crippen LogP) is 6.46. The van der Waals surface area contributed by atoms with E-state index in [9.17, 15) is 4.79 Å². The third kappa shape index (κ3) is 11.9. The molecule has 0 saturated carbocycles. The van der Waals surface area contributed by atoms with E-state index in [2.05, 4.69) is 12.2 Å². The van der Waals surface area contributed by atoms with E-state index >= 15 is 0 Å². The van der Waals surface area contributed by atoms with E-state index in [1.165, 1.54) is 70.6 Å². The minimum Gasteiger partial charge on any atom is -0.493 e.